The van der Waals surface area contributed by atoms with Crippen LogP contribution in [-0.4, -0.2) is 48.5 Å². The average Bonchev–Trinajstić information content (AvgIpc) is 3.24. The number of carbonyl (C=O) groups excluding carboxylic acids is 3. The predicted molar refractivity (Wildman–Crippen MR) is 109 cm³/mol. The molecule has 31 heavy (non-hydrogen) atoms. The van der Waals surface area contributed by atoms with E-state index in [0.29, 0.717) is 11.3 Å². The molecule has 9 nitrogen and oxygen atoms in total. The third kappa shape index (κ3) is 3.70. The molecule has 0 aromatic heterocycles. The van der Waals surface area contributed by atoms with E-state index in [1.165, 1.54) is 31.4 Å². The molecule has 11 heteroatoms. The van der Waals surface area contributed by atoms with Gasteiger partial charge < -0.3 is 10.1 Å². The van der Waals surface area contributed by atoms with E-state index in [1.54, 1.807) is 19.1 Å². The lowest BCUT2D eigenvalue weighted by atomic mass is 10.1. The van der Waals surface area contributed by atoms with Crippen molar-refractivity contribution in [2.75, 3.05) is 23.9 Å². The van der Waals surface area contributed by atoms with Gasteiger partial charge in [0.1, 0.15) is 18.1 Å². The Morgan fingerprint density at radius 1 is 1.23 bits per heavy atom. The van der Waals surface area contributed by atoms with Gasteiger partial charge in [-0.3, -0.25) is 19.4 Å². The first-order valence-electron chi connectivity index (χ1n) is 9.25. The fourth-order valence-electron chi connectivity index (χ4n) is 3.42. The monoisotopic (exact) mass is 445 g/mol. The van der Waals surface area contributed by atoms with E-state index in [4.69, 9.17) is 16.3 Å². The van der Waals surface area contributed by atoms with Crippen molar-refractivity contribution in [2.24, 2.45) is 10.3 Å². The maximum Gasteiger partial charge on any atom is 0.263 e. The first kappa shape index (κ1) is 20.7. The Labute approximate surface area is 181 Å². The van der Waals surface area contributed by atoms with Crippen molar-refractivity contribution in [3.63, 3.8) is 0 Å². The van der Waals surface area contributed by atoms with Crippen LogP contribution in [-0.2, 0) is 14.4 Å². The minimum atomic E-state index is -1.06. The molecule has 1 fully saturated rings. The van der Waals surface area contributed by atoms with E-state index in [1.807, 2.05) is 0 Å². The number of anilines is 2. The summed E-state index contributed by atoms with van der Waals surface area (Å²) in [6, 6.07) is 6.70. The lowest BCUT2D eigenvalue weighted by molar-refractivity contribution is -0.123. The van der Waals surface area contributed by atoms with Crippen LogP contribution in [0, 0.1) is 12.7 Å². The summed E-state index contributed by atoms with van der Waals surface area (Å²) < 4.78 is 18.8. The second-order valence-corrected chi connectivity index (χ2v) is 7.44. The summed E-state index contributed by atoms with van der Waals surface area (Å²) in [5.41, 5.74) is 0.983. The number of aryl methyl sites for hydroxylation is 1. The molecule has 160 valence electrons. The molecule has 2 heterocycles. The summed E-state index contributed by atoms with van der Waals surface area (Å²) in [7, 11) is 1.45. The van der Waals surface area contributed by atoms with Crippen LogP contribution >= 0.6 is 11.6 Å². The lowest BCUT2D eigenvalue weighted by Crippen LogP contribution is -2.43. The zero-order chi connectivity index (χ0) is 22.3. The highest BCUT2D eigenvalue weighted by atomic mass is 35.5. The molecule has 0 spiro atoms. The standard InChI is InChI=1S/C20H17ClFN5O4/c1-10-3-4-11(7-14(10)22)23-16(28)9-26-18-17(24-25-26)19(29)27(20(18)30)12-5-6-15(31-2)13(21)8-12/h3-8,17-18H,9H2,1-2H3,(H,23,28)/t17-,18+/m0/s1. The Kier molecular flexibility index (Phi) is 5.32. The van der Waals surface area contributed by atoms with Crippen molar-refractivity contribution < 1.29 is 23.5 Å². The molecule has 2 aliphatic heterocycles. The highest BCUT2D eigenvalue weighted by Gasteiger charge is 2.55. The maximum atomic E-state index is 13.7. The summed E-state index contributed by atoms with van der Waals surface area (Å²) in [6.45, 7) is 1.27. The predicted octanol–water partition coefficient (Wildman–Crippen LogP) is 2.73. The molecule has 4 rings (SSSR count). The molecule has 0 radical (unpaired) electrons. The summed E-state index contributed by atoms with van der Waals surface area (Å²) in [4.78, 5) is 39.1. The van der Waals surface area contributed by atoms with Gasteiger partial charge in [0.05, 0.1) is 17.8 Å². The van der Waals surface area contributed by atoms with Crippen LogP contribution < -0.4 is 15.0 Å². The number of nitrogens with one attached hydrogen (secondary N) is 1. The number of hydrogen-bond donors (Lipinski definition) is 1. The Morgan fingerprint density at radius 2 is 2.00 bits per heavy atom. The van der Waals surface area contributed by atoms with Gasteiger partial charge in [-0.2, -0.15) is 5.11 Å². The van der Waals surface area contributed by atoms with E-state index >= 15 is 0 Å². The van der Waals surface area contributed by atoms with Gasteiger partial charge in [-0.05, 0) is 42.8 Å². The summed E-state index contributed by atoms with van der Waals surface area (Å²) in [5.74, 6) is -1.73. The maximum absolute atomic E-state index is 13.7. The number of rotatable bonds is 5. The Morgan fingerprint density at radius 3 is 2.68 bits per heavy atom. The minimum absolute atomic E-state index is 0.237. The van der Waals surface area contributed by atoms with Crippen molar-refractivity contribution in [3.8, 4) is 5.75 Å². The second-order valence-electron chi connectivity index (χ2n) is 7.04. The smallest absolute Gasteiger partial charge is 0.263 e. The Hall–Kier alpha value is -3.53. The van der Waals surface area contributed by atoms with E-state index < -0.39 is 35.6 Å². The van der Waals surface area contributed by atoms with Crippen LogP contribution in [0.5, 0.6) is 5.75 Å². The van der Waals surface area contributed by atoms with Crippen molar-refractivity contribution in [2.45, 2.75) is 19.0 Å². The van der Waals surface area contributed by atoms with Crippen molar-refractivity contribution in [3.05, 3.63) is 52.8 Å². The molecular weight excluding hydrogens is 429 g/mol. The number of hydrogen-bond acceptors (Lipinski definition) is 7. The van der Waals surface area contributed by atoms with Crippen molar-refractivity contribution in [1.29, 1.82) is 0 Å². The number of ether oxygens (including phenoxy) is 1. The number of fused-ring (bicyclic) bond motifs is 1. The molecule has 0 aliphatic carbocycles. The fraction of sp³-hybridized carbons (Fsp3) is 0.250. The van der Waals surface area contributed by atoms with Crippen molar-refractivity contribution in [1.82, 2.24) is 5.01 Å². The van der Waals surface area contributed by atoms with Crippen LogP contribution in [0.15, 0.2) is 46.7 Å². The molecule has 1 saturated heterocycles. The second kappa shape index (κ2) is 7.95. The summed E-state index contributed by atoms with van der Waals surface area (Å²) in [5, 5.41) is 11.6. The molecule has 2 aliphatic rings. The van der Waals surface area contributed by atoms with Gasteiger partial charge in [0.15, 0.2) is 12.1 Å². The van der Waals surface area contributed by atoms with E-state index in [-0.39, 0.29) is 22.9 Å². The van der Waals surface area contributed by atoms with Crippen LogP contribution in [0.3, 0.4) is 0 Å². The highest BCUT2D eigenvalue weighted by molar-refractivity contribution is 6.33. The number of methoxy groups -OCH3 is 1. The van der Waals surface area contributed by atoms with Gasteiger partial charge in [-0.25, -0.2) is 9.29 Å². The summed E-state index contributed by atoms with van der Waals surface area (Å²) in [6.07, 6.45) is 0. The zero-order valence-corrected chi connectivity index (χ0v) is 17.3. The molecule has 2 aromatic carbocycles. The number of amides is 3. The minimum Gasteiger partial charge on any atom is -0.495 e. The summed E-state index contributed by atoms with van der Waals surface area (Å²) >= 11 is 6.11. The molecule has 2 atom stereocenters. The van der Waals surface area contributed by atoms with Crippen molar-refractivity contribution >= 4 is 40.7 Å². The number of imide groups is 1. The fourth-order valence-corrected chi connectivity index (χ4v) is 3.67. The lowest BCUT2D eigenvalue weighted by Gasteiger charge is -2.20. The SMILES string of the molecule is COc1ccc(N2C(=O)[C@H]3N=NN(CC(=O)Nc4ccc(C)c(F)c4)[C@H]3C2=O)cc1Cl. The molecule has 0 saturated carbocycles. The normalized spacial score (nSPS) is 19.7. The van der Waals surface area contributed by atoms with Crippen LogP contribution in [0.25, 0.3) is 0 Å². The Balaban J connectivity index is 1.49. The third-order valence-electron chi connectivity index (χ3n) is 5.01. The number of halogens is 2. The van der Waals surface area contributed by atoms with Gasteiger partial charge in [-0.15, -0.1) is 0 Å². The van der Waals surface area contributed by atoms with Gasteiger partial charge in [0.2, 0.25) is 5.91 Å². The third-order valence-corrected chi connectivity index (χ3v) is 5.31. The van der Waals surface area contributed by atoms with E-state index in [2.05, 4.69) is 15.7 Å². The molecule has 0 bridgehead atoms. The van der Waals surface area contributed by atoms with Gasteiger partial charge in [0, 0.05) is 5.69 Å². The molecule has 1 N–H and O–H groups in total. The van der Waals surface area contributed by atoms with Gasteiger partial charge in [-0.1, -0.05) is 22.9 Å². The molecule has 3 amide bonds. The average molecular weight is 446 g/mol. The topological polar surface area (TPSA) is 104 Å². The zero-order valence-electron chi connectivity index (χ0n) is 16.5. The molecular formula is C20H17ClFN5O4. The number of carbonyl (C=O) groups is 3. The first-order chi connectivity index (χ1) is 14.8. The highest BCUT2D eigenvalue weighted by Crippen LogP contribution is 2.35. The van der Waals surface area contributed by atoms with Crippen LogP contribution in [0.2, 0.25) is 5.02 Å². The molecule has 2 aromatic rings. The van der Waals surface area contributed by atoms with Gasteiger partial charge >= 0.3 is 0 Å². The number of nitrogens with zero attached hydrogens (tertiary/aromatic N) is 4. The largest absolute Gasteiger partial charge is 0.495 e. The van der Waals surface area contributed by atoms with E-state index in [0.717, 1.165) is 9.91 Å². The molecule has 0 unspecified atom stereocenters. The quantitative estimate of drug-likeness (QED) is 0.713. The first-order valence-corrected chi connectivity index (χ1v) is 9.62. The Bertz CT molecular complexity index is 1120. The van der Waals surface area contributed by atoms with Crippen LogP contribution in [0.1, 0.15) is 5.56 Å². The van der Waals surface area contributed by atoms with E-state index in [9.17, 15) is 18.8 Å². The number of benzene rings is 2. The van der Waals surface area contributed by atoms with Gasteiger partial charge in [0.25, 0.3) is 11.8 Å². The van der Waals surface area contributed by atoms with Crippen LogP contribution in [0.4, 0.5) is 15.8 Å².